The van der Waals surface area contributed by atoms with Crippen molar-refractivity contribution in [3.05, 3.63) is 0 Å². The summed E-state index contributed by atoms with van der Waals surface area (Å²) >= 11 is 0. The fraction of sp³-hybridized carbons (Fsp3) is 0.933. The number of ketones is 1. The monoisotopic (exact) mass is 253 g/mol. The van der Waals surface area contributed by atoms with Crippen LogP contribution in [0.2, 0.25) is 0 Å². The van der Waals surface area contributed by atoms with Gasteiger partial charge in [0.1, 0.15) is 5.78 Å². The van der Waals surface area contributed by atoms with Gasteiger partial charge in [-0.1, -0.05) is 32.1 Å². The molecule has 0 amide bonds. The lowest BCUT2D eigenvalue weighted by Gasteiger charge is -2.38. The highest BCUT2D eigenvalue weighted by Gasteiger charge is 2.32. The Morgan fingerprint density at radius 2 is 1.67 bits per heavy atom. The average Bonchev–Trinajstić information content (AvgIpc) is 2.62. The summed E-state index contributed by atoms with van der Waals surface area (Å²) in [6, 6.07) is 0.640. The second-order valence-electron chi connectivity index (χ2n) is 5.83. The number of carbonyl (C=O) groups excluding carboxylic acids is 1. The van der Waals surface area contributed by atoms with Crippen LogP contribution in [0.4, 0.5) is 0 Å². The molecular weight excluding hydrogens is 226 g/mol. The molecule has 0 saturated heterocycles. The fourth-order valence-corrected chi connectivity index (χ4v) is 3.61. The van der Waals surface area contributed by atoms with Crippen molar-refractivity contribution in [1.82, 2.24) is 4.90 Å². The van der Waals surface area contributed by atoms with E-state index in [1.54, 1.807) is 0 Å². The molecule has 0 aliphatic heterocycles. The summed E-state index contributed by atoms with van der Waals surface area (Å²) in [4.78, 5) is 14.6. The number of hydrogen-bond acceptors (Lipinski definition) is 3. The highest BCUT2D eigenvalue weighted by Crippen LogP contribution is 2.28. The van der Waals surface area contributed by atoms with Gasteiger partial charge < -0.3 is 5.11 Å². The van der Waals surface area contributed by atoms with E-state index in [1.165, 1.54) is 44.9 Å². The molecule has 2 rings (SSSR count). The van der Waals surface area contributed by atoms with Crippen molar-refractivity contribution in [1.29, 1.82) is 0 Å². The number of aliphatic hydroxyl groups is 1. The maximum absolute atomic E-state index is 12.2. The lowest BCUT2D eigenvalue weighted by molar-refractivity contribution is -0.125. The first-order valence-electron chi connectivity index (χ1n) is 7.72. The summed E-state index contributed by atoms with van der Waals surface area (Å²) in [6.07, 6.45) is 11.5. The van der Waals surface area contributed by atoms with Gasteiger partial charge in [-0.3, -0.25) is 9.69 Å². The Bertz CT molecular complexity index is 261. The summed E-state index contributed by atoms with van der Waals surface area (Å²) < 4.78 is 0. The van der Waals surface area contributed by atoms with Gasteiger partial charge in [-0.15, -0.1) is 0 Å². The van der Waals surface area contributed by atoms with Gasteiger partial charge in [-0.25, -0.2) is 0 Å². The number of hydrogen-bond donors (Lipinski definition) is 1. The van der Waals surface area contributed by atoms with Crippen LogP contribution in [0.25, 0.3) is 0 Å². The Hall–Kier alpha value is -0.410. The molecule has 0 aromatic heterocycles. The molecule has 18 heavy (non-hydrogen) atoms. The molecule has 2 aliphatic rings. The molecule has 104 valence electrons. The Labute approximate surface area is 111 Å². The van der Waals surface area contributed by atoms with Crippen LogP contribution in [0.3, 0.4) is 0 Å². The largest absolute Gasteiger partial charge is 0.395 e. The number of rotatable bonds is 4. The van der Waals surface area contributed by atoms with E-state index in [-0.39, 0.29) is 12.6 Å². The molecular formula is C15H27NO2. The molecule has 1 N–H and O–H groups in total. The van der Waals surface area contributed by atoms with Crippen molar-refractivity contribution >= 4 is 5.78 Å². The van der Waals surface area contributed by atoms with Crippen molar-refractivity contribution in [3.8, 4) is 0 Å². The minimum Gasteiger partial charge on any atom is -0.395 e. The third kappa shape index (κ3) is 3.55. The van der Waals surface area contributed by atoms with Gasteiger partial charge in [0.25, 0.3) is 0 Å². The van der Waals surface area contributed by atoms with Crippen LogP contribution >= 0.6 is 0 Å². The van der Waals surface area contributed by atoms with E-state index in [4.69, 9.17) is 0 Å². The van der Waals surface area contributed by atoms with Gasteiger partial charge >= 0.3 is 0 Å². The number of carbonyl (C=O) groups is 1. The van der Waals surface area contributed by atoms with Crippen molar-refractivity contribution < 1.29 is 9.90 Å². The zero-order chi connectivity index (χ0) is 12.8. The van der Waals surface area contributed by atoms with Crippen LogP contribution in [-0.4, -0.2) is 41.0 Å². The van der Waals surface area contributed by atoms with Crippen LogP contribution in [0, 0.1) is 0 Å². The minimum absolute atomic E-state index is 0.0998. The maximum atomic E-state index is 12.2. The van der Waals surface area contributed by atoms with Crippen molar-refractivity contribution in [2.45, 2.75) is 76.3 Å². The first-order chi connectivity index (χ1) is 8.83. The number of Topliss-reactive ketones (excluding diaryl/α,β-unsaturated/α-hetero) is 1. The van der Waals surface area contributed by atoms with E-state index in [0.717, 1.165) is 19.3 Å². The topological polar surface area (TPSA) is 40.5 Å². The Morgan fingerprint density at radius 3 is 2.39 bits per heavy atom. The van der Waals surface area contributed by atoms with Crippen LogP contribution < -0.4 is 0 Å². The molecule has 0 aromatic carbocycles. The lowest BCUT2D eigenvalue weighted by Crippen LogP contribution is -2.49. The van der Waals surface area contributed by atoms with Crippen molar-refractivity contribution in [3.63, 3.8) is 0 Å². The highest BCUT2D eigenvalue weighted by molar-refractivity contribution is 5.84. The molecule has 0 radical (unpaired) electrons. The second-order valence-corrected chi connectivity index (χ2v) is 5.83. The molecule has 3 nitrogen and oxygen atoms in total. The van der Waals surface area contributed by atoms with Gasteiger partial charge in [0.05, 0.1) is 12.6 Å². The van der Waals surface area contributed by atoms with Gasteiger partial charge in [-0.2, -0.15) is 0 Å². The van der Waals surface area contributed by atoms with Crippen LogP contribution in [0.5, 0.6) is 0 Å². The zero-order valence-corrected chi connectivity index (χ0v) is 11.4. The predicted molar refractivity (Wildman–Crippen MR) is 72.5 cm³/mol. The molecule has 0 aromatic rings. The van der Waals surface area contributed by atoms with E-state index in [9.17, 15) is 9.90 Å². The van der Waals surface area contributed by atoms with Crippen LogP contribution in [0.15, 0.2) is 0 Å². The molecule has 0 bridgehead atoms. The zero-order valence-electron chi connectivity index (χ0n) is 11.4. The standard InChI is InChI=1S/C15H27NO2/c17-12-11-16(13-7-3-1-4-8-13)14-9-5-2-6-10-15(14)18/h13-14,17H,1-12H2. The minimum atomic E-state index is 0.0998. The van der Waals surface area contributed by atoms with Gasteiger partial charge in [0.2, 0.25) is 0 Å². The predicted octanol–water partition coefficient (Wildman–Crippen LogP) is 2.52. The Morgan fingerprint density at radius 1 is 1.00 bits per heavy atom. The van der Waals surface area contributed by atoms with E-state index in [1.807, 2.05) is 0 Å². The quantitative estimate of drug-likeness (QED) is 0.783. The molecule has 2 aliphatic carbocycles. The highest BCUT2D eigenvalue weighted by atomic mass is 16.3. The van der Waals surface area contributed by atoms with E-state index in [0.29, 0.717) is 18.4 Å². The van der Waals surface area contributed by atoms with Gasteiger partial charge in [-0.05, 0) is 25.7 Å². The Kier molecular flexibility index (Phi) is 5.64. The molecule has 3 heteroatoms. The molecule has 1 unspecified atom stereocenters. The normalized spacial score (nSPS) is 27.4. The van der Waals surface area contributed by atoms with Gasteiger partial charge in [0, 0.05) is 19.0 Å². The van der Waals surface area contributed by atoms with Crippen molar-refractivity contribution in [2.75, 3.05) is 13.2 Å². The Balaban J connectivity index is 2.03. The summed E-state index contributed by atoms with van der Waals surface area (Å²) in [5, 5.41) is 9.30. The molecule has 2 fully saturated rings. The fourth-order valence-electron chi connectivity index (χ4n) is 3.61. The molecule has 2 saturated carbocycles. The third-order valence-electron chi connectivity index (χ3n) is 4.57. The third-order valence-corrected chi connectivity index (χ3v) is 4.57. The summed E-state index contributed by atoms with van der Waals surface area (Å²) in [5.74, 6) is 0.423. The lowest BCUT2D eigenvalue weighted by atomic mass is 9.91. The number of nitrogens with zero attached hydrogens (tertiary/aromatic N) is 1. The SMILES string of the molecule is O=C1CCCCCC1N(CCO)C1CCCCC1. The summed E-state index contributed by atoms with van der Waals surface area (Å²) in [6.45, 7) is 0.862. The maximum Gasteiger partial charge on any atom is 0.149 e. The summed E-state index contributed by atoms with van der Waals surface area (Å²) in [7, 11) is 0. The van der Waals surface area contributed by atoms with Crippen LogP contribution in [-0.2, 0) is 4.79 Å². The van der Waals surface area contributed by atoms with Crippen molar-refractivity contribution in [2.24, 2.45) is 0 Å². The first-order valence-corrected chi connectivity index (χ1v) is 7.72. The van der Waals surface area contributed by atoms with Gasteiger partial charge in [0.15, 0.2) is 0 Å². The first kappa shape index (κ1) is 14.0. The van der Waals surface area contributed by atoms with E-state index in [2.05, 4.69) is 4.90 Å². The number of aliphatic hydroxyl groups excluding tert-OH is 1. The second kappa shape index (κ2) is 7.25. The molecule has 0 spiro atoms. The smallest absolute Gasteiger partial charge is 0.149 e. The molecule has 1 atom stereocenters. The van der Waals surface area contributed by atoms with E-state index >= 15 is 0 Å². The molecule has 0 heterocycles. The van der Waals surface area contributed by atoms with E-state index < -0.39 is 0 Å². The average molecular weight is 253 g/mol. The summed E-state index contributed by atoms with van der Waals surface area (Å²) in [5.41, 5.74) is 0. The van der Waals surface area contributed by atoms with Crippen LogP contribution in [0.1, 0.15) is 64.2 Å².